The lowest BCUT2D eigenvalue weighted by molar-refractivity contribution is 1.13. The Labute approximate surface area is 204 Å². The predicted octanol–water partition coefficient (Wildman–Crippen LogP) is 8.24. The lowest BCUT2D eigenvalue weighted by Crippen LogP contribution is -2.08. The molecule has 4 aromatic carbocycles. The highest BCUT2D eigenvalue weighted by Gasteiger charge is 2.08. The molecule has 0 amide bonds. The van der Waals surface area contributed by atoms with E-state index in [1.54, 1.807) is 0 Å². The van der Waals surface area contributed by atoms with Gasteiger partial charge in [0.15, 0.2) is 0 Å². The minimum absolute atomic E-state index is 1.20. The SMILES string of the molecule is Cc1ccc(C(=CC=C(c2ccc(C)cc2)c2ccc(N(C)C)cc2)c2ccc(C)cc2)cc1. The van der Waals surface area contributed by atoms with E-state index in [0.29, 0.717) is 0 Å². The molecule has 0 saturated heterocycles. The van der Waals surface area contributed by atoms with E-state index in [9.17, 15) is 0 Å². The Bertz CT molecular complexity index is 1240. The van der Waals surface area contributed by atoms with Gasteiger partial charge in [-0.05, 0) is 66.3 Å². The molecule has 0 aliphatic heterocycles. The maximum Gasteiger partial charge on any atom is 0.0361 e. The maximum atomic E-state index is 2.27. The molecule has 0 aromatic heterocycles. The van der Waals surface area contributed by atoms with E-state index < -0.39 is 0 Å². The topological polar surface area (TPSA) is 3.24 Å². The third kappa shape index (κ3) is 5.55. The molecule has 0 spiro atoms. The quantitative estimate of drug-likeness (QED) is 0.271. The number of hydrogen-bond acceptors (Lipinski definition) is 1. The summed E-state index contributed by atoms with van der Waals surface area (Å²) < 4.78 is 0. The molecule has 0 aliphatic rings. The summed E-state index contributed by atoms with van der Waals surface area (Å²) in [6.45, 7) is 6.39. The molecule has 0 radical (unpaired) electrons. The molecule has 1 nitrogen and oxygen atoms in total. The Morgan fingerprint density at radius 3 is 0.971 bits per heavy atom. The average Bonchev–Trinajstić information content (AvgIpc) is 2.84. The number of aryl methyl sites for hydroxylation is 3. The minimum atomic E-state index is 1.20. The van der Waals surface area contributed by atoms with Crippen LogP contribution in [0.1, 0.15) is 38.9 Å². The molecule has 0 atom stereocenters. The first-order chi connectivity index (χ1) is 16.4. The van der Waals surface area contributed by atoms with Crippen LogP contribution in [-0.2, 0) is 0 Å². The van der Waals surface area contributed by atoms with Crippen molar-refractivity contribution in [1.29, 1.82) is 0 Å². The lowest BCUT2D eigenvalue weighted by Gasteiger charge is -2.15. The fourth-order valence-corrected chi connectivity index (χ4v) is 4.02. The number of anilines is 1. The summed E-state index contributed by atoms with van der Waals surface area (Å²) in [6.07, 6.45) is 4.54. The number of allylic oxidation sites excluding steroid dienone is 2. The van der Waals surface area contributed by atoms with Crippen molar-refractivity contribution in [3.05, 3.63) is 148 Å². The van der Waals surface area contributed by atoms with Crippen LogP contribution < -0.4 is 4.90 Å². The van der Waals surface area contributed by atoms with Gasteiger partial charge in [-0.1, -0.05) is 114 Å². The summed E-state index contributed by atoms with van der Waals surface area (Å²) in [5.41, 5.74) is 12.3. The van der Waals surface area contributed by atoms with Crippen molar-refractivity contribution in [3.8, 4) is 0 Å². The van der Waals surface area contributed by atoms with Gasteiger partial charge >= 0.3 is 0 Å². The molecular weight excluding hydrogens is 410 g/mol. The lowest BCUT2D eigenvalue weighted by atomic mass is 9.93. The highest BCUT2D eigenvalue weighted by molar-refractivity contribution is 5.86. The summed E-state index contributed by atoms with van der Waals surface area (Å²) in [6, 6.07) is 35.2. The molecule has 0 bridgehead atoms. The van der Waals surface area contributed by atoms with Gasteiger partial charge in [-0.15, -0.1) is 0 Å². The van der Waals surface area contributed by atoms with Crippen molar-refractivity contribution in [2.75, 3.05) is 19.0 Å². The van der Waals surface area contributed by atoms with Crippen molar-refractivity contribution < 1.29 is 0 Å². The molecule has 0 N–H and O–H groups in total. The fraction of sp³-hybridized carbons (Fsp3) is 0.152. The van der Waals surface area contributed by atoms with Crippen LogP contribution in [0.2, 0.25) is 0 Å². The third-order valence-electron chi connectivity index (χ3n) is 6.20. The molecule has 170 valence electrons. The zero-order valence-corrected chi connectivity index (χ0v) is 20.8. The largest absolute Gasteiger partial charge is 0.378 e. The van der Waals surface area contributed by atoms with Crippen molar-refractivity contribution >= 4 is 16.8 Å². The van der Waals surface area contributed by atoms with Crippen LogP contribution in [0, 0.1) is 20.8 Å². The van der Waals surface area contributed by atoms with E-state index in [4.69, 9.17) is 0 Å². The van der Waals surface area contributed by atoms with Crippen LogP contribution >= 0.6 is 0 Å². The highest BCUT2D eigenvalue weighted by Crippen LogP contribution is 2.29. The van der Waals surface area contributed by atoms with Crippen LogP contribution in [0.15, 0.2) is 109 Å². The van der Waals surface area contributed by atoms with Gasteiger partial charge in [-0.2, -0.15) is 0 Å². The van der Waals surface area contributed by atoms with Crippen LogP contribution in [0.5, 0.6) is 0 Å². The van der Waals surface area contributed by atoms with E-state index in [2.05, 4.69) is 149 Å². The maximum absolute atomic E-state index is 2.27. The van der Waals surface area contributed by atoms with Crippen LogP contribution in [0.3, 0.4) is 0 Å². The number of benzene rings is 4. The second-order valence-corrected chi connectivity index (χ2v) is 9.20. The first-order valence-corrected chi connectivity index (χ1v) is 11.8. The Morgan fingerprint density at radius 2 is 0.706 bits per heavy atom. The Kier molecular flexibility index (Phi) is 7.13. The monoisotopic (exact) mass is 443 g/mol. The summed E-state index contributed by atoms with van der Waals surface area (Å²) in [5.74, 6) is 0. The molecule has 0 unspecified atom stereocenters. The second-order valence-electron chi connectivity index (χ2n) is 9.20. The molecule has 0 saturated carbocycles. The van der Waals surface area contributed by atoms with E-state index in [1.807, 2.05) is 0 Å². The molecule has 0 fully saturated rings. The standard InChI is InChI=1S/C33H33N/c1-24-6-12-27(13-7-24)32(28-14-8-25(2)9-15-28)22-23-33(29-16-10-26(3)11-17-29)30-18-20-31(21-19-30)34(4)5/h6-23H,1-5H3. The van der Waals surface area contributed by atoms with Gasteiger partial charge in [-0.25, -0.2) is 0 Å². The summed E-state index contributed by atoms with van der Waals surface area (Å²) >= 11 is 0. The van der Waals surface area contributed by atoms with Gasteiger partial charge in [0, 0.05) is 19.8 Å². The fourth-order valence-electron chi connectivity index (χ4n) is 4.02. The van der Waals surface area contributed by atoms with Gasteiger partial charge in [0.2, 0.25) is 0 Å². The van der Waals surface area contributed by atoms with Crippen LogP contribution in [-0.4, -0.2) is 14.1 Å². The minimum Gasteiger partial charge on any atom is -0.378 e. The van der Waals surface area contributed by atoms with E-state index in [1.165, 1.54) is 55.8 Å². The number of hydrogen-bond donors (Lipinski definition) is 0. The number of rotatable bonds is 6. The van der Waals surface area contributed by atoms with Crippen molar-refractivity contribution in [2.45, 2.75) is 20.8 Å². The second kappa shape index (κ2) is 10.4. The first kappa shape index (κ1) is 23.3. The normalized spacial score (nSPS) is 11.3. The molecule has 0 aliphatic carbocycles. The van der Waals surface area contributed by atoms with Gasteiger partial charge in [0.1, 0.15) is 0 Å². The van der Waals surface area contributed by atoms with Crippen molar-refractivity contribution in [2.24, 2.45) is 0 Å². The summed E-state index contributed by atoms with van der Waals surface area (Å²) in [5, 5.41) is 0. The summed E-state index contributed by atoms with van der Waals surface area (Å²) in [7, 11) is 4.15. The van der Waals surface area contributed by atoms with Gasteiger partial charge < -0.3 is 4.90 Å². The van der Waals surface area contributed by atoms with Gasteiger partial charge in [0.25, 0.3) is 0 Å². The van der Waals surface area contributed by atoms with Crippen molar-refractivity contribution in [1.82, 2.24) is 0 Å². The molecular formula is C33H33N. The van der Waals surface area contributed by atoms with E-state index in [-0.39, 0.29) is 0 Å². The van der Waals surface area contributed by atoms with E-state index >= 15 is 0 Å². The predicted molar refractivity (Wildman–Crippen MR) is 148 cm³/mol. The Hall–Kier alpha value is -3.84. The zero-order chi connectivity index (χ0) is 24.1. The Morgan fingerprint density at radius 1 is 0.441 bits per heavy atom. The molecule has 34 heavy (non-hydrogen) atoms. The van der Waals surface area contributed by atoms with Crippen LogP contribution in [0.4, 0.5) is 5.69 Å². The zero-order valence-electron chi connectivity index (χ0n) is 20.8. The average molecular weight is 444 g/mol. The molecule has 1 heteroatoms. The van der Waals surface area contributed by atoms with E-state index in [0.717, 1.165) is 0 Å². The van der Waals surface area contributed by atoms with Crippen molar-refractivity contribution in [3.63, 3.8) is 0 Å². The van der Waals surface area contributed by atoms with Gasteiger partial charge in [0.05, 0.1) is 0 Å². The molecule has 4 rings (SSSR count). The van der Waals surface area contributed by atoms with Gasteiger partial charge in [-0.3, -0.25) is 0 Å². The molecule has 4 aromatic rings. The Balaban J connectivity index is 1.87. The summed E-state index contributed by atoms with van der Waals surface area (Å²) in [4.78, 5) is 2.13. The third-order valence-corrected chi connectivity index (χ3v) is 6.20. The smallest absolute Gasteiger partial charge is 0.0361 e. The number of nitrogens with zero attached hydrogens (tertiary/aromatic N) is 1. The highest BCUT2D eigenvalue weighted by atomic mass is 15.1. The van der Waals surface area contributed by atoms with Crippen LogP contribution in [0.25, 0.3) is 11.1 Å². The molecule has 0 heterocycles. The first-order valence-electron chi connectivity index (χ1n) is 11.8.